The predicted octanol–water partition coefficient (Wildman–Crippen LogP) is 2.92. The maximum absolute atomic E-state index is 7.99. The van der Waals surface area contributed by atoms with Crippen LogP contribution in [0.15, 0.2) is 41.8 Å². The molecule has 0 aliphatic rings. The molecule has 7 nitrogen and oxygen atoms in total. The minimum atomic E-state index is 0.294. The minimum absolute atomic E-state index is 0.294. The van der Waals surface area contributed by atoms with Gasteiger partial charge in [0.25, 0.3) is 0 Å². The van der Waals surface area contributed by atoms with Crippen LogP contribution in [0, 0.1) is 0 Å². The number of nitrogen functional groups attached to an aromatic ring is 2. The first-order valence-electron chi connectivity index (χ1n) is 4.75. The van der Waals surface area contributed by atoms with E-state index in [4.69, 9.17) is 28.6 Å². The van der Waals surface area contributed by atoms with Crippen molar-refractivity contribution in [2.75, 3.05) is 11.5 Å². The maximum Gasteiger partial charge on any atom is 0.131 e. The van der Waals surface area contributed by atoms with Crippen molar-refractivity contribution in [1.29, 1.82) is 0 Å². The van der Waals surface area contributed by atoms with Crippen LogP contribution in [-0.4, -0.2) is 9.97 Å². The largest absolute Gasteiger partial charge is 0.399 e. The molecule has 18 heavy (non-hydrogen) atoms. The predicted molar refractivity (Wildman–Crippen MR) is 71.1 cm³/mol. The fraction of sp³-hybridized carbons (Fsp3) is 0. The number of nitrogens with two attached hydrogens (primary N) is 2. The second kappa shape index (κ2) is 6.95. The molecule has 2 aromatic rings. The Kier molecular flexibility index (Phi) is 5.24. The van der Waals surface area contributed by atoms with E-state index >= 15 is 0 Å². The van der Waals surface area contributed by atoms with Crippen molar-refractivity contribution in [3.8, 4) is 0 Å². The second-order valence-electron chi connectivity index (χ2n) is 3.05. The number of hydrogen-bond acceptors (Lipinski definition) is 5. The summed E-state index contributed by atoms with van der Waals surface area (Å²) in [5.41, 5.74) is 19.9. The van der Waals surface area contributed by atoms with Gasteiger partial charge in [0, 0.05) is 28.7 Å². The summed E-state index contributed by atoms with van der Waals surface area (Å²) in [5, 5.41) is 3.69. The molecule has 8 heteroatoms. The third-order valence-electron chi connectivity index (χ3n) is 1.67. The third-order valence-corrected chi connectivity index (χ3v) is 1.87. The molecule has 0 saturated carbocycles. The molecule has 0 aliphatic heterocycles. The van der Waals surface area contributed by atoms with Crippen molar-refractivity contribution in [2.24, 2.45) is 5.11 Å². The van der Waals surface area contributed by atoms with E-state index in [1.807, 2.05) is 0 Å². The van der Waals surface area contributed by atoms with E-state index < -0.39 is 0 Å². The molecule has 0 fully saturated rings. The lowest BCUT2D eigenvalue weighted by Gasteiger charge is -1.90. The van der Waals surface area contributed by atoms with Gasteiger partial charge < -0.3 is 11.5 Å². The highest BCUT2D eigenvalue weighted by Crippen LogP contribution is 2.10. The smallest absolute Gasteiger partial charge is 0.131 e. The van der Waals surface area contributed by atoms with Gasteiger partial charge in [-0.1, -0.05) is 11.6 Å². The summed E-state index contributed by atoms with van der Waals surface area (Å²) in [6, 6.07) is 6.41. The molecule has 2 heterocycles. The molecule has 0 bridgehead atoms. The number of aromatic nitrogens is 2. The summed E-state index contributed by atoms with van der Waals surface area (Å²) in [7, 11) is 0. The number of nitrogens with zero attached hydrogens (tertiary/aromatic N) is 5. The van der Waals surface area contributed by atoms with Gasteiger partial charge in [-0.15, -0.1) is 0 Å². The van der Waals surface area contributed by atoms with Gasteiger partial charge >= 0.3 is 0 Å². The average molecular weight is 264 g/mol. The molecule has 2 rings (SSSR count). The third kappa shape index (κ3) is 5.02. The van der Waals surface area contributed by atoms with Crippen LogP contribution in [0.1, 0.15) is 0 Å². The van der Waals surface area contributed by atoms with Gasteiger partial charge in [-0.2, -0.15) is 0 Å². The van der Waals surface area contributed by atoms with Gasteiger partial charge in [-0.25, -0.2) is 4.98 Å². The molecule has 0 unspecified atom stereocenters. The number of pyridine rings is 2. The van der Waals surface area contributed by atoms with Crippen molar-refractivity contribution < 1.29 is 0 Å². The Bertz CT molecular complexity index is 548. The first kappa shape index (κ1) is 13.6. The quantitative estimate of drug-likeness (QED) is 0.355. The topological polar surface area (TPSA) is 127 Å². The zero-order chi connectivity index (χ0) is 13.4. The lowest BCUT2D eigenvalue weighted by atomic mass is 10.4. The minimum Gasteiger partial charge on any atom is -0.399 e. The summed E-state index contributed by atoms with van der Waals surface area (Å²) in [5.74, 6) is 0.294. The van der Waals surface area contributed by atoms with E-state index in [-0.39, 0.29) is 0 Å². The Morgan fingerprint density at radius 1 is 1.11 bits per heavy atom. The summed E-state index contributed by atoms with van der Waals surface area (Å²) in [6.45, 7) is 0. The van der Waals surface area contributed by atoms with E-state index in [1.165, 1.54) is 12.3 Å². The average Bonchev–Trinajstić information content (AvgIpc) is 2.30. The Hall–Kier alpha value is -2.50. The summed E-state index contributed by atoms with van der Waals surface area (Å²) < 4.78 is 0. The zero-order valence-corrected chi connectivity index (χ0v) is 9.99. The molecule has 0 aliphatic carbocycles. The standard InChI is InChI=1S/C5H5ClN2.C5H5N5/c6-5-3-4(7)1-2-8-5;6-4-1-2-8-5(3-4)9-10-7/h1-3H,(H2,7,8);1-3H,(H2,6,8). The van der Waals surface area contributed by atoms with E-state index in [1.54, 1.807) is 24.4 Å². The first-order valence-corrected chi connectivity index (χ1v) is 5.13. The lowest BCUT2D eigenvalue weighted by molar-refractivity contribution is 1.26. The summed E-state index contributed by atoms with van der Waals surface area (Å²) in [4.78, 5) is 10.0. The summed E-state index contributed by atoms with van der Waals surface area (Å²) in [6.07, 6.45) is 3.05. The number of rotatable bonds is 1. The van der Waals surface area contributed by atoms with Crippen molar-refractivity contribution in [2.45, 2.75) is 0 Å². The van der Waals surface area contributed by atoms with Crippen LogP contribution in [0.2, 0.25) is 5.15 Å². The monoisotopic (exact) mass is 263 g/mol. The van der Waals surface area contributed by atoms with Gasteiger partial charge in [0.2, 0.25) is 0 Å². The van der Waals surface area contributed by atoms with E-state index in [0.29, 0.717) is 22.3 Å². The van der Waals surface area contributed by atoms with Crippen LogP contribution in [0.4, 0.5) is 17.2 Å². The van der Waals surface area contributed by atoms with Gasteiger partial charge in [-0.05, 0) is 34.9 Å². The van der Waals surface area contributed by atoms with E-state index in [0.717, 1.165) is 0 Å². The van der Waals surface area contributed by atoms with Crippen molar-refractivity contribution in [1.82, 2.24) is 9.97 Å². The molecule has 0 aromatic carbocycles. The van der Waals surface area contributed by atoms with Crippen molar-refractivity contribution in [3.63, 3.8) is 0 Å². The molecule has 0 spiro atoms. The molecule has 2 aromatic heterocycles. The molecule has 0 amide bonds. The lowest BCUT2D eigenvalue weighted by Crippen LogP contribution is -1.83. The normalized spacial score (nSPS) is 8.72. The molecular formula is C10H10ClN7. The molecule has 0 atom stereocenters. The van der Waals surface area contributed by atoms with Crippen molar-refractivity contribution in [3.05, 3.63) is 52.3 Å². The van der Waals surface area contributed by atoms with Crippen LogP contribution in [0.3, 0.4) is 0 Å². The van der Waals surface area contributed by atoms with Crippen LogP contribution < -0.4 is 11.5 Å². The Morgan fingerprint density at radius 3 is 2.17 bits per heavy atom. The van der Waals surface area contributed by atoms with Gasteiger partial charge in [0.1, 0.15) is 11.0 Å². The highest BCUT2D eigenvalue weighted by molar-refractivity contribution is 6.29. The van der Waals surface area contributed by atoms with Gasteiger partial charge in [0.05, 0.1) is 0 Å². The molecule has 0 radical (unpaired) electrons. The Labute approximate surface area is 108 Å². The molecule has 4 N–H and O–H groups in total. The number of hydrogen-bond donors (Lipinski definition) is 2. The first-order chi connectivity index (χ1) is 8.61. The van der Waals surface area contributed by atoms with Crippen LogP contribution in [-0.2, 0) is 0 Å². The van der Waals surface area contributed by atoms with E-state index in [9.17, 15) is 0 Å². The number of anilines is 2. The van der Waals surface area contributed by atoms with Crippen LogP contribution in [0.5, 0.6) is 0 Å². The Morgan fingerprint density at radius 2 is 1.72 bits per heavy atom. The highest BCUT2D eigenvalue weighted by Gasteiger charge is 1.87. The molecule has 92 valence electrons. The maximum atomic E-state index is 7.99. The van der Waals surface area contributed by atoms with Gasteiger partial charge in [0.15, 0.2) is 0 Å². The van der Waals surface area contributed by atoms with Crippen LogP contribution >= 0.6 is 11.6 Å². The SMILES string of the molecule is Nc1ccnc(Cl)c1.[N-]=[N+]=Nc1cc(N)ccn1. The fourth-order valence-electron chi connectivity index (χ4n) is 0.952. The summed E-state index contributed by atoms with van der Waals surface area (Å²) >= 11 is 5.45. The molecular weight excluding hydrogens is 254 g/mol. The second-order valence-corrected chi connectivity index (χ2v) is 3.44. The fourth-order valence-corrected chi connectivity index (χ4v) is 1.13. The van der Waals surface area contributed by atoms with Crippen LogP contribution in [0.25, 0.3) is 10.4 Å². The Balaban J connectivity index is 0.000000184. The van der Waals surface area contributed by atoms with Gasteiger partial charge in [-0.3, -0.25) is 4.98 Å². The van der Waals surface area contributed by atoms with E-state index in [2.05, 4.69) is 20.0 Å². The zero-order valence-electron chi connectivity index (χ0n) is 9.23. The molecule has 0 saturated heterocycles. The number of halogens is 1. The van der Waals surface area contributed by atoms with Crippen molar-refractivity contribution >= 4 is 28.8 Å². The highest BCUT2D eigenvalue weighted by atomic mass is 35.5. The number of azide groups is 1.